The fourth-order valence-corrected chi connectivity index (χ4v) is 2.88. The summed E-state index contributed by atoms with van der Waals surface area (Å²) in [6, 6.07) is 0. The molecule has 1 aromatic heterocycles. The van der Waals surface area contributed by atoms with E-state index in [4.69, 9.17) is 9.47 Å². The Balaban J connectivity index is 3.22. The summed E-state index contributed by atoms with van der Waals surface area (Å²) in [5.41, 5.74) is -0.331. The first-order valence-electron chi connectivity index (χ1n) is 7.63. The molecule has 0 aliphatic rings. The largest absolute Gasteiger partial charge is 0.465 e. The Morgan fingerprint density at radius 2 is 1.79 bits per heavy atom. The van der Waals surface area contributed by atoms with E-state index in [1.807, 2.05) is 13.8 Å². The minimum Gasteiger partial charge on any atom is -0.465 e. The molecule has 0 radical (unpaired) electrons. The number of carbonyl (C=O) groups excluding carboxylic acids is 3. The Labute approximate surface area is 145 Å². The molecular weight excluding hydrogens is 332 g/mol. The van der Waals surface area contributed by atoms with E-state index in [1.54, 1.807) is 31.1 Å². The van der Waals surface area contributed by atoms with Gasteiger partial charge in [-0.15, -0.1) is 11.3 Å². The van der Waals surface area contributed by atoms with Crippen LogP contribution in [0.1, 0.15) is 54.6 Å². The lowest BCUT2D eigenvalue weighted by Gasteiger charge is -2.21. The monoisotopic (exact) mass is 356 g/mol. The molecule has 0 unspecified atom stereocenters. The highest BCUT2D eigenvalue weighted by molar-refractivity contribution is 7.13. The molecule has 0 saturated heterocycles. The second kappa shape index (κ2) is 8.14. The maximum Gasteiger partial charge on any atom is 0.412 e. The van der Waals surface area contributed by atoms with Crippen LogP contribution < -0.4 is 5.32 Å². The van der Waals surface area contributed by atoms with Gasteiger partial charge in [-0.25, -0.2) is 9.59 Å². The number of rotatable bonds is 5. The average Bonchev–Trinajstić information content (AvgIpc) is 2.89. The number of ether oxygens (including phenoxy) is 2. The fourth-order valence-electron chi connectivity index (χ4n) is 1.97. The highest BCUT2D eigenvalue weighted by Gasteiger charge is 2.27. The number of hydrogen-bond donors (Lipinski definition) is 1. The van der Waals surface area contributed by atoms with Gasteiger partial charge in [-0.2, -0.15) is 0 Å². The van der Waals surface area contributed by atoms with Gasteiger partial charge in [0.25, 0.3) is 5.91 Å². The van der Waals surface area contributed by atoms with Crippen molar-refractivity contribution in [3.63, 3.8) is 0 Å². The van der Waals surface area contributed by atoms with Gasteiger partial charge in [-0.3, -0.25) is 10.1 Å². The van der Waals surface area contributed by atoms with Gasteiger partial charge in [0, 0.05) is 18.5 Å². The van der Waals surface area contributed by atoms with Crippen LogP contribution in [0.25, 0.3) is 0 Å². The van der Waals surface area contributed by atoms with Crippen molar-refractivity contribution in [1.29, 1.82) is 0 Å². The molecule has 0 saturated carbocycles. The lowest BCUT2D eigenvalue weighted by Crippen LogP contribution is -2.32. The molecule has 7 nitrogen and oxygen atoms in total. The van der Waals surface area contributed by atoms with Crippen molar-refractivity contribution in [3.05, 3.63) is 15.8 Å². The maximum atomic E-state index is 12.6. The van der Waals surface area contributed by atoms with Gasteiger partial charge < -0.3 is 14.4 Å². The van der Waals surface area contributed by atoms with Gasteiger partial charge in [-0.05, 0) is 34.6 Å². The zero-order valence-corrected chi connectivity index (χ0v) is 15.7. The van der Waals surface area contributed by atoms with Gasteiger partial charge in [0.05, 0.1) is 18.4 Å². The van der Waals surface area contributed by atoms with Crippen LogP contribution in [-0.2, 0) is 9.47 Å². The number of anilines is 1. The standard InChI is InChI=1S/C16H24N2O5S/c1-7-18(8-2)13(19)10-9-24-12(14(20)22-6)11(10)17-15(21)23-16(3,4)5/h9H,7-8H2,1-6H3,(H,17,21). The molecular formula is C16H24N2O5S. The summed E-state index contributed by atoms with van der Waals surface area (Å²) in [6.07, 6.45) is -0.736. The van der Waals surface area contributed by atoms with Crippen LogP contribution in [-0.4, -0.2) is 48.7 Å². The van der Waals surface area contributed by atoms with Crippen molar-refractivity contribution >= 4 is 35.0 Å². The minimum absolute atomic E-state index is 0.123. The van der Waals surface area contributed by atoms with E-state index in [-0.39, 0.29) is 22.0 Å². The molecule has 1 aromatic rings. The summed E-state index contributed by atoms with van der Waals surface area (Å²) in [7, 11) is 1.24. The highest BCUT2D eigenvalue weighted by atomic mass is 32.1. The zero-order valence-electron chi connectivity index (χ0n) is 14.9. The molecule has 0 bridgehead atoms. The van der Waals surface area contributed by atoms with Gasteiger partial charge in [0.1, 0.15) is 10.5 Å². The highest BCUT2D eigenvalue weighted by Crippen LogP contribution is 2.30. The van der Waals surface area contributed by atoms with Gasteiger partial charge in [0.2, 0.25) is 0 Å². The topological polar surface area (TPSA) is 84.9 Å². The van der Waals surface area contributed by atoms with Gasteiger partial charge >= 0.3 is 12.1 Å². The Hall–Kier alpha value is -2.09. The van der Waals surface area contributed by atoms with Crippen LogP contribution in [0.15, 0.2) is 5.38 Å². The molecule has 2 amide bonds. The zero-order chi connectivity index (χ0) is 18.5. The van der Waals surface area contributed by atoms with Gasteiger partial charge in [0.15, 0.2) is 0 Å². The van der Waals surface area contributed by atoms with Crippen molar-refractivity contribution in [2.75, 3.05) is 25.5 Å². The van der Waals surface area contributed by atoms with Crippen molar-refractivity contribution in [2.24, 2.45) is 0 Å². The van der Waals surface area contributed by atoms with E-state index in [2.05, 4.69) is 5.32 Å². The summed E-state index contributed by atoms with van der Waals surface area (Å²) in [5, 5.41) is 4.06. The Bertz CT molecular complexity index is 614. The lowest BCUT2D eigenvalue weighted by molar-refractivity contribution is 0.0607. The maximum absolute atomic E-state index is 12.6. The molecule has 134 valence electrons. The summed E-state index contributed by atoms with van der Waals surface area (Å²) >= 11 is 1.04. The average molecular weight is 356 g/mol. The van der Waals surface area contributed by atoms with E-state index >= 15 is 0 Å². The first-order chi connectivity index (χ1) is 11.1. The number of nitrogens with zero attached hydrogens (tertiary/aromatic N) is 1. The van der Waals surface area contributed by atoms with E-state index in [0.29, 0.717) is 13.1 Å². The number of esters is 1. The van der Waals surface area contributed by atoms with E-state index in [9.17, 15) is 14.4 Å². The van der Waals surface area contributed by atoms with Crippen LogP contribution >= 0.6 is 11.3 Å². The third-order valence-corrected chi connectivity index (χ3v) is 4.03. The van der Waals surface area contributed by atoms with Crippen molar-refractivity contribution < 1.29 is 23.9 Å². The molecule has 24 heavy (non-hydrogen) atoms. The first kappa shape index (κ1) is 20.0. The Morgan fingerprint density at radius 3 is 2.25 bits per heavy atom. The van der Waals surface area contributed by atoms with Crippen LogP contribution in [0.5, 0.6) is 0 Å². The number of nitrogens with one attached hydrogen (secondary N) is 1. The number of carbonyl (C=O) groups is 3. The molecule has 0 atom stereocenters. The minimum atomic E-state index is -0.736. The molecule has 1 N–H and O–H groups in total. The molecule has 0 aliphatic carbocycles. The second-order valence-corrected chi connectivity index (χ2v) is 6.83. The molecule has 1 heterocycles. The van der Waals surface area contributed by atoms with Gasteiger partial charge in [-0.1, -0.05) is 0 Å². The van der Waals surface area contributed by atoms with Crippen molar-refractivity contribution in [3.8, 4) is 0 Å². The number of amides is 2. The van der Waals surface area contributed by atoms with Crippen LogP contribution in [0.2, 0.25) is 0 Å². The normalized spacial score (nSPS) is 10.9. The summed E-state index contributed by atoms with van der Waals surface area (Å²) < 4.78 is 9.92. The Kier molecular flexibility index (Phi) is 6.77. The molecule has 8 heteroatoms. The van der Waals surface area contributed by atoms with E-state index in [1.165, 1.54) is 7.11 Å². The predicted molar refractivity (Wildman–Crippen MR) is 92.8 cm³/mol. The summed E-state index contributed by atoms with van der Waals surface area (Å²) in [6.45, 7) is 9.93. The first-order valence-corrected chi connectivity index (χ1v) is 8.51. The SMILES string of the molecule is CCN(CC)C(=O)c1csc(C(=O)OC)c1NC(=O)OC(C)(C)C. The molecule has 0 fully saturated rings. The number of methoxy groups -OCH3 is 1. The van der Waals surface area contributed by atoms with Crippen molar-refractivity contribution in [1.82, 2.24) is 4.90 Å². The van der Waals surface area contributed by atoms with E-state index < -0.39 is 17.7 Å². The third-order valence-electron chi connectivity index (χ3n) is 3.07. The quantitative estimate of drug-likeness (QED) is 0.818. The fraction of sp³-hybridized carbons (Fsp3) is 0.562. The van der Waals surface area contributed by atoms with Crippen LogP contribution in [0.4, 0.5) is 10.5 Å². The number of thiophene rings is 1. The lowest BCUT2D eigenvalue weighted by atomic mass is 10.2. The summed E-state index contributed by atoms with van der Waals surface area (Å²) in [4.78, 5) is 38.3. The smallest absolute Gasteiger partial charge is 0.412 e. The Morgan fingerprint density at radius 1 is 1.21 bits per heavy atom. The van der Waals surface area contributed by atoms with Crippen molar-refractivity contribution in [2.45, 2.75) is 40.2 Å². The molecule has 0 aliphatic heterocycles. The molecule has 1 rings (SSSR count). The predicted octanol–water partition coefficient (Wildman–Crippen LogP) is 3.36. The summed E-state index contributed by atoms with van der Waals surface area (Å²) in [5.74, 6) is -0.887. The van der Waals surface area contributed by atoms with Crippen LogP contribution in [0.3, 0.4) is 0 Å². The molecule has 0 spiro atoms. The van der Waals surface area contributed by atoms with Crippen LogP contribution in [0, 0.1) is 0 Å². The third kappa shape index (κ3) is 4.95. The number of hydrogen-bond acceptors (Lipinski definition) is 6. The second-order valence-electron chi connectivity index (χ2n) is 5.95. The molecule has 0 aromatic carbocycles. The van der Waals surface area contributed by atoms with E-state index in [0.717, 1.165) is 11.3 Å².